The molecule has 0 aromatic carbocycles. The maximum atomic E-state index is 7.03. The van der Waals surface area contributed by atoms with Crippen LogP contribution in [0, 0.1) is 6.92 Å². The number of thiazole rings is 1. The second-order valence-corrected chi connectivity index (χ2v) is 3.28. The number of hydrogen-bond acceptors (Lipinski definition) is 2. The lowest BCUT2D eigenvalue weighted by molar-refractivity contribution is 1.25. The van der Waals surface area contributed by atoms with Gasteiger partial charge < -0.3 is 0 Å². The lowest BCUT2D eigenvalue weighted by Crippen LogP contribution is -1.64. The molecule has 0 amide bonds. The zero-order valence-electron chi connectivity index (χ0n) is 4.73. The molecule has 0 fully saturated rings. The molecule has 0 unspecified atom stereocenters. The van der Waals surface area contributed by atoms with Crippen LogP contribution in [0.15, 0.2) is 9.27 Å². The van der Waals surface area contributed by atoms with Crippen molar-refractivity contribution in [3.05, 3.63) is 15.0 Å². The fraction of sp³-hybridized carbons (Fsp3) is 0.250. The molecule has 0 aliphatic heterocycles. The summed E-state index contributed by atoms with van der Waals surface area (Å²) in [5, 5.41) is 0. The predicted molar refractivity (Wildman–Crippen MR) is 34.6 cm³/mol. The van der Waals surface area contributed by atoms with Gasteiger partial charge in [0.25, 0.3) is 0 Å². The van der Waals surface area contributed by atoms with Crippen molar-refractivity contribution in [1.82, 2.24) is 4.98 Å². The quantitative estimate of drug-likeness (QED) is 0.594. The molecule has 0 aliphatic carbocycles. The van der Waals surface area contributed by atoms with Crippen LogP contribution in [0.2, 0.25) is 0 Å². The summed E-state index contributed by atoms with van der Waals surface area (Å²) < 4.78 is 7.99. The Labute approximate surface area is 55.9 Å². The Balaban J connectivity index is 3.14. The number of rotatable bonds is 0. The van der Waals surface area contributed by atoms with Gasteiger partial charge in [-0.2, -0.15) is 0 Å². The third-order valence-corrected chi connectivity index (χ3v) is 2.35. The molecule has 0 radical (unpaired) electrons. The van der Waals surface area contributed by atoms with Crippen LogP contribution in [0.4, 0.5) is 0 Å². The highest BCUT2D eigenvalue weighted by Crippen LogP contribution is 2.18. The van der Waals surface area contributed by atoms with Crippen LogP contribution < -0.4 is 0 Å². The van der Waals surface area contributed by atoms with Crippen molar-refractivity contribution < 1.29 is 1.37 Å². The van der Waals surface area contributed by atoms with Crippen LogP contribution in [-0.4, -0.2) is 4.98 Å². The molecule has 1 aromatic rings. The summed E-state index contributed by atoms with van der Waals surface area (Å²) >= 11 is 4.59. The summed E-state index contributed by atoms with van der Waals surface area (Å²) in [6, 6.07) is 0. The fourth-order valence-electron chi connectivity index (χ4n) is 0.249. The van der Waals surface area contributed by atoms with Crippen LogP contribution >= 0.6 is 27.3 Å². The average molecular weight is 179 g/mol. The number of nitrogens with zero attached hydrogens (tertiary/aromatic N) is 1. The van der Waals surface area contributed by atoms with Crippen LogP contribution in [-0.2, 0) is 0 Å². The molecule has 0 bridgehead atoms. The smallest absolute Gasteiger partial charge is 0.0960 e. The summed E-state index contributed by atoms with van der Waals surface area (Å²) in [7, 11) is 0. The molecule has 3 heteroatoms. The molecular formula is C4H4BrNS. The first-order valence-electron chi connectivity index (χ1n) is 2.29. The minimum atomic E-state index is 0.370. The van der Waals surface area contributed by atoms with Crippen LogP contribution in [0.3, 0.4) is 0 Å². The van der Waals surface area contributed by atoms with Crippen molar-refractivity contribution in [2.24, 2.45) is 0 Å². The molecule has 1 heterocycles. The first-order valence-corrected chi connectivity index (χ1v) is 3.40. The van der Waals surface area contributed by atoms with Gasteiger partial charge >= 0.3 is 0 Å². The van der Waals surface area contributed by atoms with Crippen molar-refractivity contribution in [3.8, 4) is 0 Å². The number of aryl methyl sites for hydroxylation is 1. The van der Waals surface area contributed by atoms with E-state index in [1.807, 2.05) is 6.92 Å². The van der Waals surface area contributed by atoms with E-state index in [1.54, 1.807) is 0 Å². The zero-order chi connectivity index (χ0) is 6.15. The van der Waals surface area contributed by atoms with Gasteiger partial charge in [0, 0.05) is 0 Å². The van der Waals surface area contributed by atoms with E-state index >= 15 is 0 Å². The number of halogens is 1. The zero-order valence-corrected chi connectivity index (χ0v) is 6.14. The van der Waals surface area contributed by atoms with E-state index in [9.17, 15) is 0 Å². The SMILES string of the molecule is [2H]c1nc(C)c(Br)s1. The van der Waals surface area contributed by atoms with Gasteiger partial charge in [-0.05, 0) is 22.9 Å². The molecule has 1 rings (SSSR count). The summed E-state index contributed by atoms with van der Waals surface area (Å²) in [5.41, 5.74) is 1.27. The molecule has 0 atom stereocenters. The number of aromatic nitrogens is 1. The minimum absolute atomic E-state index is 0.370. The van der Waals surface area contributed by atoms with Gasteiger partial charge in [-0.1, -0.05) is 0 Å². The van der Waals surface area contributed by atoms with E-state index < -0.39 is 0 Å². The second-order valence-electron chi connectivity index (χ2n) is 1.16. The topological polar surface area (TPSA) is 12.9 Å². The van der Waals surface area contributed by atoms with Gasteiger partial charge in [-0.15, -0.1) is 11.3 Å². The molecule has 0 N–H and O–H groups in total. The normalized spacial score (nSPS) is 11.4. The third-order valence-electron chi connectivity index (χ3n) is 0.633. The third kappa shape index (κ3) is 1.01. The maximum absolute atomic E-state index is 7.03. The average Bonchev–Trinajstić information content (AvgIpc) is 1.85. The van der Waals surface area contributed by atoms with E-state index in [1.165, 1.54) is 11.3 Å². The largest absolute Gasteiger partial charge is 0.249 e. The van der Waals surface area contributed by atoms with E-state index in [4.69, 9.17) is 1.37 Å². The fourth-order valence-corrected chi connectivity index (χ4v) is 1.01. The van der Waals surface area contributed by atoms with Crippen molar-refractivity contribution in [2.45, 2.75) is 6.92 Å². The Hall–Kier alpha value is 0.110. The van der Waals surface area contributed by atoms with Crippen LogP contribution in [0.1, 0.15) is 7.06 Å². The molecule has 38 valence electrons. The van der Waals surface area contributed by atoms with E-state index in [0.29, 0.717) is 5.49 Å². The molecule has 1 aromatic heterocycles. The van der Waals surface area contributed by atoms with Crippen LogP contribution in [0.5, 0.6) is 0 Å². The molecule has 0 spiro atoms. The Kier molecular flexibility index (Phi) is 1.11. The highest BCUT2D eigenvalue weighted by atomic mass is 79.9. The van der Waals surface area contributed by atoms with Crippen molar-refractivity contribution in [3.63, 3.8) is 0 Å². The first-order chi connectivity index (χ1) is 3.70. The molecule has 0 aliphatic rings. The summed E-state index contributed by atoms with van der Waals surface area (Å²) in [6.45, 7) is 1.87. The lowest BCUT2D eigenvalue weighted by atomic mass is 10.6. The van der Waals surface area contributed by atoms with Crippen molar-refractivity contribution in [2.75, 3.05) is 0 Å². The molecule has 1 nitrogen and oxygen atoms in total. The molecule has 0 saturated carbocycles. The van der Waals surface area contributed by atoms with Gasteiger partial charge in [0.15, 0.2) is 0 Å². The highest BCUT2D eigenvalue weighted by Gasteiger charge is 1.91. The Bertz CT molecular complexity index is 178. The van der Waals surface area contributed by atoms with Crippen molar-refractivity contribution in [1.29, 1.82) is 0 Å². The van der Waals surface area contributed by atoms with Gasteiger partial charge in [-0.3, -0.25) is 0 Å². The molecule has 0 saturated heterocycles. The van der Waals surface area contributed by atoms with Crippen LogP contribution in [0.25, 0.3) is 0 Å². The molecular weight excluding hydrogens is 174 g/mol. The maximum Gasteiger partial charge on any atom is 0.0960 e. The first kappa shape index (κ1) is 4.04. The van der Waals surface area contributed by atoms with Gasteiger partial charge in [0.1, 0.15) is 0 Å². The predicted octanol–water partition coefficient (Wildman–Crippen LogP) is 2.21. The monoisotopic (exact) mass is 178 g/mol. The Morgan fingerprint density at radius 2 is 2.86 bits per heavy atom. The lowest BCUT2D eigenvalue weighted by Gasteiger charge is -1.75. The van der Waals surface area contributed by atoms with E-state index in [0.717, 1.165) is 9.48 Å². The second kappa shape index (κ2) is 1.92. The summed E-state index contributed by atoms with van der Waals surface area (Å²) in [6.07, 6.45) is 0. The van der Waals surface area contributed by atoms with Crippen molar-refractivity contribution >= 4 is 27.3 Å². The molecule has 7 heavy (non-hydrogen) atoms. The van der Waals surface area contributed by atoms with Gasteiger partial charge in [0.05, 0.1) is 16.3 Å². The minimum Gasteiger partial charge on any atom is -0.249 e. The van der Waals surface area contributed by atoms with E-state index in [2.05, 4.69) is 20.9 Å². The van der Waals surface area contributed by atoms with Gasteiger partial charge in [-0.25, -0.2) is 4.98 Å². The Morgan fingerprint density at radius 3 is 3.00 bits per heavy atom. The van der Waals surface area contributed by atoms with Gasteiger partial charge in [0.2, 0.25) is 0 Å². The van der Waals surface area contributed by atoms with E-state index in [-0.39, 0.29) is 0 Å². The standard InChI is InChI=1S/C4H4BrNS/c1-3-4(5)7-2-6-3/h2H,1H3/i2D. The highest BCUT2D eigenvalue weighted by molar-refractivity contribution is 9.11. The Morgan fingerprint density at radius 1 is 2.14 bits per heavy atom. The summed E-state index contributed by atoms with van der Waals surface area (Å²) in [5.74, 6) is 0. The summed E-state index contributed by atoms with van der Waals surface area (Å²) in [4.78, 5) is 3.85. The number of hydrogen-bond donors (Lipinski definition) is 0.